The fraction of sp³-hybridized carbons (Fsp3) is 0.400. The summed E-state index contributed by atoms with van der Waals surface area (Å²) < 4.78 is 0. The molecule has 0 heterocycles. The van der Waals surface area contributed by atoms with Crippen molar-refractivity contribution in [3.63, 3.8) is 0 Å². The molecular weight excluding hydrogens is 228 g/mol. The van der Waals surface area contributed by atoms with Crippen LogP contribution in [0.2, 0.25) is 0 Å². The van der Waals surface area contributed by atoms with E-state index < -0.39 is 12.1 Å². The van der Waals surface area contributed by atoms with Crippen molar-refractivity contribution in [2.75, 3.05) is 6.54 Å². The van der Waals surface area contributed by atoms with Crippen LogP contribution in [0.3, 0.4) is 0 Å². The maximum atomic E-state index is 10.2. The maximum Gasteiger partial charge on any atom is 1.00 e. The van der Waals surface area contributed by atoms with E-state index in [9.17, 15) is 14.7 Å². The Morgan fingerprint density at radius 2 is 2.23 bits per heavy atom. The second kappa shape index (κ2) is 7.38. The van der Waals surface area contributed by atoms with Crippen molar-refractivity contribution in [2.45, 2.75) is 6.92 Å². The monoisotopic (exact) mass is 236 g/mol. The minimum absolute atomic E-state index is 0. The number of nitrogens with one attached hydrogen (secondary N) is 1. The van der Waals surface area contributed by atoms with Gasteiger partial charge >= 0.3 is 23.1 Å². The number of hydrazone groups is 1. The Hall–Kier alpha value is -1.27. The first-order valence-electron chi connectivity index (χ1n) is 3.14. The molecule has 0 saturated carbocycles. The normalized spacial score (nSPS) is 9.00. The Bertz CT molecular complexity index is 208. The van der Waals surface area contributed by atoms with E-state index in [-0.39, 0.29) is 23.6 Å². The summed E-state index contributed by atoms with van der Waals surface area (Å²) in [7, 11) is 0. The molecule has 0 aliphatic carbocycles. The van der Waals surface area contributed by atoms with Crippen molar-refractivity contribution in [3.8, 4) is 0 Å². The van der Waals surface area contributed by atoms with Crippen LogP contribution >= 0.6 is 0 Å². The van der Waals surface area contributed by atoms with Crippen molar-refractivity contribution in [2.24, 2.45) is 10.8 Å². The van der Waals surface area contributed by atoms with Crippen LogP contribution in [0.25, 0.3) is 0 Å². The number of nitrogens with zero attached hydrogens (tertiary/aromatic N) is 2. The number of hydrogen-bond donors (Lipinski definition) is 2. The summed E-state index contributed by atoms with van der Waals surface area (Å²) in [6.07, 6.45) is -0.493. The predicted molar refractivity (Wildman–Crippen MR) is 39.0 cm³/mol. The number of amides is 3. The Balaban J connectivity index is 0. The van der Waals surface area contributed by atoms with Gasteiger partial charge in [-0.2, -0.15) is 5.10 Å². The predicted octanol–water partition coefficient (Wildman–Crippen LogP) is -1.74. The Morgan fingerprint density at radius 3 is 2.54 bits per heavy atom. The fourth-order valence-electron chi connectivity index (χ4n) is 0.420. The third kappa shape index (κ3) is 7.10. The Kier molecular flexibility index (Phi) is 8.10. The summed E-state index contributed by atoms with van der Waals surface area (Å²) in [5, 5.41) is 13.4. The van der Waals surface area contributed by atoms with Crippen molar-refractivity contribution in [3.05, 3.63) is 0 Å². The van der Waals surface area contributed by atoms with Gasteiger partial charge in [0.1, 0.15) is 12.4 Å². The minimum atomic E-state index is -1.40. The molecule has 0 aromatic heterocycles. The number of nitrogens with two attached hydrogens (primary N) is 1. The molecule has 3 N–H and O–H groups in total. The van der Waals surface area contributed by atoms with Crippen LogP contribution in [0.1, 0.15) is 6.92 Å². The summed E-state index contributed by atoms with van der Waals surface area (Å²) in [6.45, 7) is 1.78. The molecule has 78 valence electrons. The molecule has 0 saturated heterocycles. The fourth-order valence-corrected chi connectivity index (χ4v) is 0.420. The molecular formula is C5H9CuN4O3. The minimum Gasteiger partial charge on any atom is -0.530 e. The maximum absolute atomic E-state index is 10.2. The van der Waals surface area contributed by atoms with Gasteiger partial charge in [0.05, 0.1) is 0 Å². The van der Waals surface area contributed by atoms with Crippen LogP contribution in [-0.4, -0.2) is 29.9 Å². The first-order valence-corrected chi connectivity index (χ1v) is 3.14. The molecule has 7 nitrogen and oxygen atoms in total. The van der Waals surface area contributed by atoms with Crippen LogP contribution in [0.5, 0.6) is 0 Å². The molecule has 8 heteroatoms. The summed E-state index contributed by atoms with van der Waals surface area (Å²) in [6, 6.07) is -0.861. The van der Waals surface area contributed by atoms with Crippen LogP contribution in [0, 0.1) is 0 Å². The van der Waals surface area contributed by atoms with Gasteiger partial charge in [-0.15, -0.1) is 0 Å². The quantitative estimate of drug-likeness (QED) is 0.263. The van der Waals surface area contributed by atoms with E-state index in [2.05, 4.69) is 10.8 Å². The molecule has 3 amide bonds. The van der Waals surface area contributed by atoms with Gasteiger partial charge in [0.2, 0.25) is 0 Å². The zero-order chi connectivity index (χ0) is 9.56. The van der Waals surface area contributed by atoms with Crippen molar-refractivity contribution in [1.82, 2.24) is 10.3 Å². The molecule has 0 unspecified atom stereocenters. The third-order valence-electron chi connectivity index (χ3n) is 0.947. The summed E-state index contributed by atoms with van der Waals surface area (Å²) >= 11 is 0. The SMILES string of the molecule is CCN(C=NNC(N)=O)C(=O)[O-].[Cu+]. The molecule has 0 rings (SSSR count). The van der Waals surface area contributed by atoms with Gasteiger partial charge in [-0.25, -0.2) is 10.2 Å². The molecule has 0 aromatic rings. The molecule has 0 spiro atoms. The van der Waals surface area contributed by atoms with Crippen LogP contribution < -0.4 is 16.3 Å². The van der Waals surface area contributed by atoms with E-state index >= 15 is 0 Å². The summed E-state index contributed by atoms with van der Waals surface area (Å²) in [4.78, 5) is 21.0. The van der Waals surface area contributed by atoms with Crippen molar-refractivity contribution < 1.29 is 31.8 Å². The van der Waals surface area contributed by atoms with Crippen molar-refractivity contribution >= 4 is 18.5 Å². The number of carbonyl (C=O) groups excluding carboxylic acids is 2. The van der Waals surface area contributed by atoms with E-state index in [1.54, 1.807) is 6.92 Å². The van der Waals surface area contributed by atoms with E-state index in [4.69, 9.17) is 0 Å². The Morgan fingerprint density at radius 1 is 1.69 bits per heavy atom. The molecule has 13 heavy (non-hydrogen) atoms. The summed E-state index contributed by atoms with van der Waals surface area (Å²) in [5.41, 5.74) is 6.49. The molecule has 0 aromatic carbocycles. The number of primary amides is 1. The number of rotatable bonds is 3. The van der Waals surface area contributed by atoms with E-state index in [0.29, 0.717) is 0 Å². The summed E-state index contributed by atoms with van der Waals surface area (Å²) in [5.74, 6) is 0. The number of carbonyl (C=O) groups is 2. The van der Waals surface area contributed by atoms with Crippen LogP contribution in [0.4, 0.5) is 9.59 Å². The van der Waals surface area contributed by atoms with Gasteiger partial charge in [-0.05, 0) is 6.92 Å². The van der Waals surface area contributed by atoms with Crippen LogP contribution in [-0.2, 0) is 17.1 Å². The second-order valence-electron chi connectivity index (χ2n) is 1.77. The van der Waals surface area contributed by atoms with Gasteiger partial charge in [-0.3, -0.25) is 0 Å². The van der Waals surface area contributed by atoms with Gasteiger partial charge < -0.3 is 20.5 Å². The van der Waals surface area contributed by atoms with Gasteiger partial charge in [-0.1, -0.05) is 0 Å². The zero-order valence-electron chi connectivity index (χ0n) is 6.78. The number of hydrogen-bond acceptors (Lipinski definition) is 4. The van der Waals surface area contributed by atoms with E-state index in [1.165, 1.54) is 0 Å². The first kappa shape index (κ1) is 14.3. The Labute approximate surface area is 85.4 Å². The van der Waals surface area contributed by atoms with Gasteiger partial charge in [0.15, 0.2) is 0 Å². The molecule has 0 atom stereocenters. The van der Waals surface area contributed by atoms with Gasteiger partial charge in [0, 0.05) is 6.54 Å². The zero-order valence-corrected chi connectivity index (χ0v) is 7.72. The molecule has 0 bridgehead atoms. The second-order valence-corrected chi connectivity index (χ2v) is 1.77. The largest absolute Gasteiger partial charge is 1.00 e. The average molecular weight is 237 g/mol. The number of urea groups is 1. The third-order valence-corrected chi connectivity index (χ3v) is 0.947. The van der Waals surface area contributed by atoms with E-state index in [1.807, 2.05) is 5.43 Å². The standard InChI is InChI=1S/C5H10N4O3.Cu/c1-2-9(5(11)12)3-7-8-4(6)10;/h3H,2H2,1H3,(H,11,12)(H3,6,8,10);/q;+1/p-1. The van der Waals surface area contributed by atoms with Crippen LogP contribution in [0.15, 0.2) is 5.10 Å². The molecule has 0 radical (unpaired) electrons. The van der Waals surface area contributed by atoms with Gasteiger partial charge in [0.25, 0.3) is 0 Å². The topological polar surface area (TPSA) is 111 Å². The van der Waals surface area contributed by atoms with E-state index in [0.717, 1.165) is 11.2 Å². The molecule has 0 aliphatic rings. The average Bonchev–Trinajstić information content (AvgIpc) is 1.96. The smallest absolute Gasteiger partial charge is 0.530 e. The molecule has 0 aliphatic heterocycles. The van der Waals surface area contributed by atoms with Crippen molar-refractivity contribution in [1.29, 1.82) is 0 Å². The molecule has 0 fully saturated rings. The number of carboxylic acid groups (broad SMARTS) is 1. The first-order chi connectivity index (χ1) is 5.57.